The molecule has 1 aromatic carbocycles. The van der Waals surface area contributed by atoms with Crippen LogP contribution in [0.4, 0.5) is 0 Å². The third-order valence-electron chi connectivity index (χ3n) is 2.61. The van der Waals surface area contributed by atoms with Crippen molar-refractivity contribution in [3.63, 3.8) is 0 Å². The summed E-state index contributed by atoms with van der Waals surface area (Å²) in [6.45, 7) is 2.75. The SMILES string of the molecule is CCc1ccc(-n2nncc2CCN)cc1. The minimum Gasteiger partial charge on any atom is -0.330 e. The van der Waals surface area contributed by atoms with Crippen molar-refractivity contribution in [2.75, 3.05) is 6.54 Å². The standard InChI is InChI=1S/C12H16N4/c1-2-10-3-5-11(6-4-10)16-12(7-8-13)9-14-15-16/h3-6,9H,2,7-8,13H2,1H3. The lowest BCUT2D eigenvalue weighted by atomic mass is 10.1. The molecule has 0 unspecified atom stereocenters. The second-order valence-electron chi connectivity index (χ2n) is 3.70. The molecular formula is C12H16N4. The summed E-state index contributed by atoms with van der Waals surface area (Å²) in [5.41, 5.74) is 8.95. The molecule has 0 saturated carbocycles. The number of benzene rings is 1. The lowest BCUT2D eigenvalue weighted by Gasteiger charge is -2.05. The highest BCUT2D eigenvalue weighted by Gasteiger charge is 2.04. The van der Waals surface area contributed by atoms with Crippen molar-refractivity contribution in [3.8, 4) is 5.69 Å². The van der Waals surface area contributed by atoms with Crippen molar-refractivity contribution in [2.24, 2.45) is 5.73 Å². The van der Waals surface area contributed by atoms with Crippen LogP contribution in [0.25, 0.3) is 5.69 Å². The van der Waals surface area contributed by atoms with Crippen molar-refractivity contribution in [1.82, 2.24) is 15.0 Å². The summed E-state index contributed by atoms with van der Waals surface area (Å²) >= 11 is 0. The Morgan fingerprint density at radius 3 is 2.62 bits per heavy atom. The molecular weight excluding hydrogens is 200 g/mol. The molecule has 4 heteroatoms. The Morgan fingerprint density at radius 1 is 1.25 bits per heavy atom. The molecule has 0 radical (unpaired) electrons. The van der Waals surface area contributed by atoms with E-state index in [9.17, 15) is 0 Å². The van der Waals surface area contributed by atoms with Crippen molar-refractivity contribution in [1.29, 1.82) is 0 Å². The number of nitrogens with zero attached hydrogens (tertiary/aromatic N) is 3. The molecule has 16 heavy (non-hydrogen) atoms. The Hall–Kier alpha value is -1.68. The van der Waals surface area contributed by atoms with Crippen LogP contribution in [-0.2, 0) is 12.8 Å². The van der Waals surface area contributed by atoms with E-state index in [0.29, 0.717) is 6.54 Å². The smallest absolute Gasteiger partial charge is 0.0730 e. The first kappa shape index (κ1) is 10.8. The van der Waals surface area contributed by atoms with Gasteiger partial charge in [0, 0.05) is 6.42 Å². The predicted octanol–water partition coefficient (Wildman–Crippen LogP) is 1.33. The van der Waals surface area contributed by atoms with Gasteiger partial charge in [-0.25, -0.2) is 4.68 Å². The first-order valence-corrected chi connectivity index (χ1v) is 5.54. The summed E-state index contributed by atoms with van der Waals surface area (Å²) < 4.78 is 1.84. The topological polar surface area (TPSA) is 56.7 Å². The molecule has 0 fully saturated rings. The minimum atomic E-state index is 0.612. The number of hydrogen-bond acceptors (Lipinski definition) is 3. The summed E-state index contributed by atoms with van der Waals surface area (Å²) in [7, 11) is 0. The lowest BCUT2D eigenvalue weighted by Crippen LogP contribution is -2.08. The number of nitrogens with two attached hydrogens (primary N) is 1. The monoisotopic (exact) mass is 216 g/mol. The van der Waals surface area contributed by atoms with Crippen molar-refractivity contribution in [2.45, 2.75) is 19.8 Å². The zero-order chi connectivity index (χ0) is 11.4. The van der Waals surface area contributed by atoms with Crippen molar-refractivity contribution < 1.29 is 0 Å². The molecule has 0 aliphatic heterocycles. The molecule has 0 saturated heterocycles. The number of aryl methyl sites for hydroxylation is 1. The van der Waals surface area contributed by atoms with Gasteiger partial charge in [-0.2, -0.15) is 0 Å². The van der Waals surface area contributed by atoms with E-state index in [0.717, 1.165) is 24.2 Å². The van der Waals surface area contributed by atoms with E-state index in [-0.39, 0.29) is 0 Å². The summed E-state index contributed by atoms with van der Waals surface area (Å²) in [5, 5.41) is 7.99. The second kappa shape index (κ2) is 4.90. The second-order valence-corrected chi connectivity index (χ2v) is 3.70. The first-order valence-electron chi connectivity index (χ1n) is 5.54. The van der Waals surface area contributed by atoms with E-state index in [1.807, 2.05) is 4.68 Å². The van der Waals surface area contributed by atoms with Gasteiger partial charge in [-0.15, -0.1) is 5.10 Å². The average Bonchev–Trinajstić information content (AvgIpc) is 2.78. The van der Waals surface area contributed by atoms with Crippen LogP contribution in [0.1, 0.15) is 18.2 Å². The third kappa shape index (κ3) is 2.12. The van der Waals surface area contributed by atoms with Gasteiger partial charge < -0.3 is 5.73 Å². The molecule has 0 atom stereocenters. The van der Waals surface area contributed by atoms with Gasteiger partial charge in [0.1, 0.15) is 0 Å². The fourth-order valence-electron chi connectivity index (χ4n) is 1.66. The molecule has 2 rings (SSSR count). The van der Waals surface area contributed by atoms with E-state index >= 15 is 0 Å². The maximum absolute atomic E-state index is 5.54. The molecule has 84 valence electrons. The number of rotatable bonds is 4. The normalized spacial score (nSPS) is 10.6. The summed E-state index contributed by atoms with van der Waals surface area (Å²) in [5.74, 6) is 0. The Morgan fingerprint density at radius 2 is 2.00 bits per heavy atom. The average molecular weight is 216 g/mol. The van der Waals surface area contributed by atoms with Gasteiger partial charge in [0.2, 0.25) is 0 Å². The van der Waals surface area contributed by atoms with Gasteiger partial charge in [0.25, 0.3) is 0 Å². The molecule has 0 amide bonds. The van der Waals surface area contributed by atoms with Gasteiger partial charge in [-0.3, -0.25) is 0 Å². The lowest BCUT2D eigenvalue weighted by molar-refractivity contribution is 0.754. The predicted molar refractivity (Wildman–Crippen MR) is 63.5 cm³/mol. The quantitative estimate of drug-likeness (QED) is 0.838. The number of aromatic nitrogens is 3. The highest BCUT2D eigenvalue weighted by Crippen LogP contribution is 2.11. The maximum atomic E-state index is 5.54. The highest BCUT2D eigenvalue weighted by molar-refractivity contribution is 5.35. The Labute approximate surface area is 95.1 Å². The van der Waals surface area contributed by atoms with Gasteiger partial charge in [-0.1, -0.05) is 24.3 Å². The van der Waals surface area contributed by atoms with Gasteiger partial charge in [0.05, 0.1) is 17.6 Å². The van der Waals surface area contributed by atoms with E-state index in [4.69, 9.17) is 5.73 Å². The van der Waals surface area contributed by atoms with E-state index in [2.05, 4.69) is 41.5 Å². The molecule has 0 aliphatic rings. The molecule has 0 spiro atoms. The van der Waals surface area contributed by atoms with Crippen LogP contribution in [0, 0.1) is 0 Å². The number of hydrogen-bond donors (Lipinski definition) is 1. The summed E-state index contributed by atoms with van der Waals surface area (Å²) in [4.78, 5) is 0. The Kier molecular flexibility index (Phi) is 3.31. The Bertz CT molecular complexity index is 444. The van der Waals surface area contributed by atoms with Crippen molar-refractivity contribution in [3.05, 3.63) is 41.7 Å². The summed E-state index contributed by atoms with van der Waals surface area (Å²) in [6.07, 6.45) is 3.61. The fourth-order valence-corrected chi connectivity index (χ4v) is 1.66. The minimum absolute atomic E-state index is 0.612. The molecule has 1 aromatic heterocycles. The fraction of sp³-hybridized carbons (Fsp3) is 0.333. The Balaban J connectivity index is 2.31. The molecule has 2 aromatic rings. The van der Waals surface area contributed by atoms with Crippen LogP contribution >= 0.6 is 0 Å². The first-order chi connectivity index (χ1) is 7.85. The van der Waals surface area contributed by atoms with Gasteiger partial charge in [0.15, 0.2) is 0 Å². The third-order valence-corrected chi connectivity index (χ3v) is 2.61. The molecule has 0 bridgehead atoms. The molecule has 2 N–H and O–H groups in total. The molecule has 1 heterocycles. The highest BCUT2D eigenvalue weighted by atomic mass is 15.4. The van der Waals surface area contributed by atoms with Gasteiger partial charge >= 0.3 is 0 Å². The van der Waals surface area contributed by atoms with Crippen LogP contribution in [0.15, 0.2) is 30.5 Å². The van der Waals surface area contributed by atoms with Gasteiger partial charge in [-0.05, 0) is 30.7 Å². The maximum Gasteiger partial charge on any atom is 0.0730 e. The van der Waals surface area contributed by atoms with Crippen LogP contribution in [-0.4, -0.2) is 21.5 Å². The molecule has 0 aliphatic carbocycles. The van der Waals surface area contributed by atoms with Crippen LogP contribution in [0.3, 0.4) is 0 Å². The largest absolute Gasteiger partial charge is 0.330 e. The van der Waals surface area contributed by atoms with Crippen LogP contribution in [0.2, 0.25) is 0 Å². The zero-order valence-electron chi connectivity index (χ0n) is 9.43. The zero-order valence-corrected chi connectivity index (χ0v) is 9.43. The van der Waals surface area contributed by atoms with E-state index in [1.165, 1.54) is 5.56 Å². The molecule has 4 nitrogen and oxygen atoms in total. The van der Waals surface area contributed by atoms with Crippen molar-refractivity contribution >= 4 is 0 Å². The van der Waals surface area contributed by atoms with E-state index in [1.54, 1.807) is 6.20 Å². The summed E-state index contributed by atoms with van der Waals surface area (Å²) in [6, 6.07) is 8.35. The van der Waals surface area contributed by atoms with Crippen LogP contribution in [0.5, 0.6) is 0 Å². The van der Waals surface area contributed by atoms with E-state index < -0.39 is 0 Å². The van der Waals surface area contributed by atoms with Crippen LogP contribution < -0.4 is 5.73 Å².